The molecule has 1 aromatic carbocycles. The molecule has 5 heteroatoms. The lowest BCUT2D eigenvalue weighted by Crippen LogP contribution is -2.07. The Morgan fingerprint density at radius 3 is 2.87 bits per heavy atom. The molecule has 4 nitrogen and oxygen atoms in total. The largest absolute Gasteiger partial charge is 0.396 e. The Kier molecular flexibility index (Phi) is 3.91. The van der Waals surface area contributed by atoms with Gasteiger partial charge in [-0.25, -0.2) is 9.18 Å². The van der Waals surface area contributed by atoms with Crippen LogP contribution < -0.4 is 10.6 Å². The van der Waals surface area contributed by atoms with Crippen molar-refractivity contribution in [3.8, 4) is 5.75 Å². The predicted octanol–water partition coefficient (Wildman–Crippen LogP) is 2.04. The summed E-state index contributed by atoms with van der Waals surface area (Å²) in [5, 5.41) is 0. The van der Waals surface area contributed by atoms with E-state index in [4.69, 9.17) is 5.73 Å². The number of anilines is 1. The molecule has 0 amide bonds. The fourth-order valence-electron chi connectivity index (χ4n) is 0.914. The maximum absolute atomic E-state index is 12.7. The molecule has 0 aliphatic heterocycles. The lowest BCUT2D eigenvalue weighted by atomic mass is 10.3. The van der Waals surface area contributed by atoms with Gasteiger partial charge < -0.3 is 5.73 Å². The molecule has 0 saturated carbocycles. The van der Waals surface area contributed by atoms with Gasteiger partial charge in [-0.1, -0.05) is 6.92 Å². The first-order valence-corrected chi connectivity index (χ1v) is 4.56. The van der Waals surface area contributed by atoms with E-state index in [2.05, 4.69) is 9.78 Å². The Hall–Kier alpha value is -1.78. The van der Waals surface area contributed by atoms with Crippen molar-refractivity contribution >= 4 is 11.7 Å². The molecule has 0 unspecified atom stereocenters. The molecule has 82 valence electrons. The first kappa shape index (κ1) is 11.3. The number of carbonyl (C=O) groups is 1. The van der Waals surface area contributed by atoms with Gasteiger partial charge in [-0.3, -0.25) is 9.78 Å². The van der Waals surface area contributed by atoms with Gasteiger partial charge in [0.05, 0.1) is 5.69 Å². The second-order valence-corrected chi connectivity index (χ2v) is 2.97. The number of nitrogens with two attached hydrogens (primary N) is 1. The Bertz CT molecular complexity index is 355. The van der Waals surface area contributed by atoms with E-state index < -0.39 is 11.8 Å². The van der Waals surface area contributed by atoms with Gasteiger partial charge in [0, 0.05) is 12.5 Å². The Morgan fingerprint density at radius 1 is 1.53 bits per heavy atom. The van der Waals surface area contributed by atoms with Gasteiger partial charge in [-0.15, -0.1) is 0 Å². The van der Waals surface area contributed by atoms with Crippen LogP contribution in [0.1, 0.15) is 19.8 Å². The van der Waals surface area contributed by atoms with Crippen LogP contribution in [0.3, 0.4) is 0 Å². The van der Waals surface area contributed by atoms with Gasteiger partial charge in [0.1, 0.15) is 5.82 Å². The molecule has 0 saturated heterocycles. The molecule has 0 aromatic heterocycles. The fourth-order valence-corrected chi connectivity index (χ4v) is 0.914. The average Bonchev–Trinajstić information content (AvgIpc) is 2.20. The third-order valence-electron chi connectivity index (χ3n) is 1.65. The highest BCUT2D eigenvalue weighted by atomic mass is 19.1. The number of nitrogen functional groups attached to an aromatic ring is 1. The lowest BCUT2D eigenvalue weighted by molar-refractivity contribution is -0.213. The molecule has 0 fully saturated rings. The highest BCUT2D eigenvalue weighted by Gasteiger charge is 2.05. The summed E-state index contributed by atoms with van der Waals surface area (Å²) in [4.78, 5) is 20.0. The third-order valence-corrected chi connectivity index (χ3v) is 1.65. The van der Waals surface area contributed by atoms with Crippen LogP contribution >= 0.6 is 0 Å². The maximum Gasteiger partial charge on any atom is 0.355 e. The van der Waals surface area contributed by atoms with Crippen molar-refractivity contribution in [1.82, 2.24) is 0 Å². The van der Waals surface area contributed by atoms with Crippen LogP contribution in [0.25, 0.3) is 0 Å². The normalized spacial score (nSPS) is 9.73. The van der Waals surface area contributed by atoms with Crippen LogP contribution in [0.4, 0.5) is 10.1 Å². The predicted molar refractivity (Wildman–Crippen MR) is 52.4 cm³/mol. The summed E-state index contributed by atoms with van der Waals surface area (Å²) < 4.78 is 12.7. The Balaban J connectivity index is 2.51. The van der Waals surface area contributed by atoms with Crippen LogP contribution in [-0.2, 0) is 9.68 Å². The van der Waals surface area contributed by atoms with Crippen LogP contribution in [-0.4, -0.2) is 5.97 Å². The zero-order valence-corrected chi connectivity index (χ0v) is 8.33. The van der Waals surface area contributed by atoms with E-state index in [9.17, 15) is 9.18 Å². The van der Waals surface area contributed by atoms with Crippen molar-refractivity contribution in [1.29, 1.82) is 0 Å². The number of benzene rings is 1. The van der Waals surface area contributed by atoms with E-state index in [0.717, 1.165) is 6.07 Å². The van der Waals surface area contributed by atoms with E-state index in [-0.39, 0.29) is 17.9 Å². The SMILES string of the molecule is CCCC(=O)OOc1ccc(F)c(N)c1. The van der Waals surface area contributed by atoms with Crippen molar-refractivity contribution in [2.45, 2.75) is 19.8 Å². The van der Waals surface area contributed by atoms with Crippen molar-refractivity contribution in [3.63, 3.8) is 0 Å². The van der Waals surface area contributed by atoms with Crippen LogP contribution in [0.15, 0.2) is 18.2 Å². The second-order valence-electron chi connectivity index (χ2n) is 2.97. The maximum atomic E-state index is 12.7. The number of carbonyl (C=O) groups excluding carboxylic acids is 1. The van der Waals surface area contributed by atoms with Gasteiger partial charge in [0.15, 0.2) is 5.75 Å². The summed E-state index contributed by atoms with van der Waals surface area (Å²) >= 11 is 0. The fraction of sp³-hybridized carbons (Fsp3) is 0.300. The van der Waals surface area contributed by atoms with E-state index >= 15 is 0 Å². The topological polar surface area (TPSA) is 61.5 Å². The molecule has 15 heavy (non-hydrogen) atoms. The number of hydrogen-bond donors (Lipinski definition) is 1. The molecular weight excluding hydrogens is 201 g/mol. The zero-order chi connectivity index (χ0) is 11.3. The Labute approximate surface area is 86.7 Å². The van der Waals surface area contributed by atoms with Gasteiger partial charge in [0.2, 0.25) is 0 Å². The summed E-state index contributed by atoms with van der Waals surface area (Å²) in [6.45, 7) is 1.84. The van der Waals surface area contributed by atoms with Gasteiger partial charge in [-0.2, -0.15) is 0 Å². The molecule has 0 aliphatic carbocycles. The molecule has 0 heterocycles. The molecule has 1 aromatic rings. The van der Waals surface area contributed by atoms with Gasteiger partial charge in [-0.05, 0) is 18.6 Å². The highest BCUT2D eigenvalue weighted by molar-refractivity contribution is 5.68. The first-order valence-electron chi connectivity index (χ1n) is 4.56. The zero-order valence-electron chi connectivity index (χ0n) is 8.33. The first-order chi connectivity index (χ1) is 7.13. The number of halogens is 1. The van der Waals surface area contributed by atoms with Crippen LogP contribution in [0.2, 0.25) is 0 Å². The van der Waals surface area contributed by atoms with Crippen molar-refractivity contribution in [2.24, 2.45) is 0 Å². The standard InChI is InChI=1S/C10H12FNO3/c1-2-3-10(13)15-14-7-4-5-8(11)9(12)6-7/h4-6H,2-3,12H2,1H3. The van der Waals surface area contributed by atoms with Crippen LogP contribution in [0.5, 0.6) is 5.75 Å². The second kappa shape index (κ2) is 5.19. The van der Waals surface area contributed by atoms with Crippen molar-refractivity contribution < 1.29 is 19.0 Å². The minimum Gasteiger partial charge on any atom is -0.396 e. The van der Waals surface area contributed by atoms with E-state index in [0.29, 0.717) is 6.42 Å². The molecule has 0 bridgehead atoms. The van der Waals surface area contributed by atoms with Crippen molar-refractivity contribution in [3.05, 3.63) is 24.0 Å². The van der Waals surface area contributed by atoms with E-state index in [1.165, 1.54) is 12.1 Å². The summed E-state index contributed by atoms with van der Waals surface area (Å²) in [6, 6.07) is 3.71. The smallest absolute Gasteiger partial charge is 0.355 e. The van der Waals surface area contributed by atoms with Crippen LogP contribution in [0, 0.1) is 5.82 Å². The molecule has 0 aliphatic rings. The Morgan fingerprint density at radius 2 is 2.27 bits per heavy atom. The van der Waals surface area contributed by atoms with Gasteiger partial charge in [0.25, 0.3) is 0 Å². The minimum absolute atomic E-state index is 0.0564. The molecule has 0 spiro atoms. The third kappa shape index (κ3) is 3.46. The molecule has 2 N–H and O–H groups in total. The highest BCUT2D eigenvalue weighted by Crippen LogP contribution is 2.18. The van der Waals surface area contributed by atoms with E-state index in [1.54, 1.807) is 0 Å². The molecule has 0 radical (unpaired) electrons. The summed E-state index contributed by atoms with van der Waals surface area (Å²) in [5.74, 6) is -0.819. The quantitative estimate of drug-likeness (QED) is 0.472. The minimum atomic E-state index is -0.540. The summed E-state index contributed by atoms with van der Waals surface area (Å²) in [7, 11) is 0. The molecule has 0 atom stereocenters. The summed E-state index contributed by atoms with van der Waals surface area (Å²) in [5.41, 5.74) is 5.23. The van der Waals surface area contributed by atoms with E-state index in [1.807, 2.05) is 6.92 Å². The monoisotopic (exact) mass is 213 g/mol. The molecule has 1 rings (SSSR count). The van der Waals surface area contributed by atoms with Crippen molar-refractivity contribution in [2.75, 3.05) is 5.73 Å². The number of hydrogen-bond acceptors (Lipinski definition) is 4. The number of rotatable bonds is 4. The molecular formula is C10H12FNO3. The summed E-state index contributed by atoms with van der Waals surface area (Å²) in [6.07, 6.45) is 0.949. The van der Waals surface area contributed by atoms with Gasteiger partial charge >= 0.3 is 5.97 Å². The lowest BCUT2D eigenvalue weighted by Gasteiger charge is -2.04. The average molecular weight is 213 g/mol.